The normalized spacial score (nSPS) is 13.8. The Morgan fingerprint density at radius 3 is 2.41 bits per heavy atom. The van der Waals surface area contributed by atoms with Crippen molar-refractivity contribution in [2.24, 2.45) is 5.92 Å². The van der Waals surface area contributed by atoms with Crippen LogP contribution in [0.25, 0.3) is 11.3 Å². The summed E-state index contributed by atoms with van der Waals surface area (Å²) in [5, 5.41) is 2.72. The van der Waals surface area contributed by atoms with Crippen LogP contribution in [0.4, 0.5) is 39.0 Å². The molecule has 5 rings (SSSR count). The van der Waals surface area contributed by atoms with Gasteiger partial charge < -0.3 is 15.0 Å². The first kappa shape index (κ1) is 31.2. The van der Waals surface area contributed by atoms with Gasteiger partial charge in [0, 0.05) is 41.4 Å². The Labute approximate surface area is 253 Å². The van der Waals surface area contributed by atoms with Gasteiger partial charge in [-0.3, -0.25) is 14.5 Å². The van der Waals surface area contributed by atoms with E-state index in [1.54, 1.807) is 25.1 Å². The van der Waals surface area contributed by atoms with E-state index in [4.69, 9.17) is 4.74 Å². The molecule has 0 spiro atoms. The number of rotatable bonds is 9. The molecule has 44 heavy (non-hydrogen) atoms. The zero-order valence-electron chi connectivity index (χ0n) is 23.2. The molecule has 15 heteroatoms. The average molecular weight is 653 g/mol. The molecular weight excluding hydrogens is 627 g/mol. The van der Waals surface area contributed by atoms with Gasteiger partial charge in [-0.1, -0.05) is 6.07 Å². The number of aryl methyl sites for hydroxylation is 1. The number of pyridine rings is 1. The lowest BCUT2D eigenvalue weighted by Crippen LogP contribution is -2.53. The first-order valence-corrected chi connectivity index (χ1v) is 15.7. The molecule has 232 valence electrons. The van der Waals surface area contributed by atoms with Crippen LogP contribution in [0, 0.1) is 24.5 Å². The fraction of sp³-hybridized carbons (Fsp3) is 0.241. The van der Waals surface area contributed by atoms with Crippen molar-refractivity contribution in [2.75, 3.05) is 34.3 Å². The molecule has 1 saturated heterocycles. The molecule has 0 bridgehead atoms. The van der Waals surface area contributed by atoms with E-state index in [9.17, 15) is 35.2 Å². The predicted octanol–water partition coefficient (Wildman–Crippen LogP) is 6.60. The van der Waals surface area contributed by atoms with Gasteiger partial charge in [-0.2, -0.15) is 13.2 Å². The minimum absolute atomic E-state index is 0.148. The maximum absolute atomic E-state index is 13.8. The molecule has 1 aliphatic heterocycles. The first-order valence-electron chi connectivity index (χ1n) is 13.0. The van der Waals surface area contributed by atoms with Crippen LogP contribution >= 0.6 is 11.3 Å². The van der Waals surface area contributed by atoms with Crippen molar-refractivity contribution in [1.82, 2.24) is 4.98 Å². The molecule has 0 saturated carbocycles. The zero-order chi connectivity index (χ0) is 31.8. The molecule has 2 N–H and O–H groups in total. The van der Waals surface area contributed by atoms with Crippen molar-refractivity contribution in [3.63, 3.8) is 0 Å². The van der Waals surface area contributed by atoms with Crippen molar-refractivity contribution in [1.29, 1.82) is 0 Å². The van der Waals surface area contributed by atoms with Crippen LogP contribution in [0.2, 0.25) is 0 Å². The van der Waals surface area contributed by atoms with E-state index in [0.29, 0.717) is 26.7 Å². The number of nitrogens with one attached hydrogen (secondary N) is 2. The quantitative estimate of drug-likeness (QED) is 0.198. The Bertz CT molecular complexity index is 1800. The van der Waals surface area contributed by atoms with Crippen molar-refractivity contribution in [3.05, 3.63) is 87.7 Å². The van der Waals surface area contributed by atoms with E-state index in [1.165, 1.54) is 29.3 Å². The highest BCUT2D eigenvalue weighted by molar-refractivity contribution is 7.92. The number of hydrogen-bond donors (Lipinski definition) is 2. The van der Waals surface area contributed by atoms with Gasteiger partial charge in [0.05, 0.1) is 34.6 Å². The van der Waals surface area contributed by atoms with Gasteiger partial charge >= 0.3 is 6.18 Å². The zero-order valence-corrected chi connectivity index (χ0v) is 24.8. The molecule has 4 aromatic rings. The molecular formula is C29H25F5N4O4S2. The summed E-state index contributed by atoms with van der Waals surface area (Å²) in [7, 11) is -3.52. The number of nitrogens with zero attached hydrogens (tertiary/aromatic N) is 2. The standard InChI is InChI=1S/C29H25F5N4O4S2/c1-16-24(11-26(43-16)28(39)36-21-4-3-5-22(9-21)37-44(2,40)41)27-25(42-15-17-6-19(30)8-20(31)7-17)10-23(12-35-27)38-13-18(14-38)29(32,33)34/h3-12,18,37H,13-15H2,1-2H3,(H,36,39). The average Bonchev–Trinajstić information content (AvgIpc) is 3.26. The van der Waals surface area contributed by atoms with Gasteiger partial charge in [0.25, 0.3) is 5.91 Å². The number of carbonyl (C=O) groups excluding carboxylic acids is 1. The van der Waals surface area contributed by atoms with Gasteiger partial charge in [-0.05, 0) is 48.9 Å². The number of hydrogen-bond acceptors (Lipinski definition) is 7. The fourth-order valence-corrected chi connectivity index (χ4v) is 6.04. The lowest BCUT2D eigenvalue weighted by Gasteiger charge is -2.41. The third kappa shape index (κ3) is 7.45. The molecule has 8 nitrogen and oxygen atoms in total. The number of alkyl halides is 3. The Hall–Kier alpha value is -4.24. The molecule has 0 atom stereocenters. The van der Waals surface area contributed by atoms with Crippen LogP contribution in [0.1, 0.15) is 20.1 Å². The topological polar surface area (TPSA) is 101 Å². The maximum atomic E-state index is 13.8. The van der Waals surface area contributed by atoms with Crippen molar-refractivity contribution < 1.29 is 39.9 Å². The number of ether oxygens (including phenoxy) is 1. The molecule has 0 radical (unpaired) electrons. The van der Waals surface area contributed by atoms with Crippen LogP contribution in [-0.2, 0) is 16.6 Å². The summed E-state index contributed by atoms with van der Waals surface area (Å²) >= 11 is 1.15. The van der Waals surface area contributed by atoms with Gasteiger partial charge in [0.1, 0.15) is 29.7 Å². The number of amides is 1. The summed E-state index contributed by atoms with van der Waals surface area (Å²) in [5.41, 5.74) is 1.97. The summed E-state index contributed by atoms with van der Waals surface area (Å²) < 4.78 is 98.1. The highest BCUT2D eigenvalue weighted by Gasteiger charge is 2.47. The summed E-state index contributed by atoms with van der Waals surface area (Å²) in [5.74, 6) is -3.39. The lowest BCUT2D eigenvalue weighted by molar-refractivity contribution is -0.180. The third-order valence-corrected chi connectivity index (χ3v) is 8.34. The lowest BCUT2D eigenvalue weighted by atomic mass is 9.99. The Morgan fingerprint density at radius 2 is 1.75 bits per heavy atom. The molecule has 1 aliphatic rings. The number of aromatic nitrogens is 1. The monoisotopic (exact) mass is 652 g/mol. The molecule has 0 unspecified atom stereocenters. The van der Waals surface area contributed by atoms with E-state index in [1.807, 2.05) is 0 Å². The van der Waals surface area contributed by atoms with Gasteiger partial charge in [-0.25, -0.2) is 17.2 Å². The van der Waals surface area contributed by atoms with Gasteiger partial charge in [0.15, 0.2) is 0 Å². The van der Waals surface area contributed by atoms with E-state index in [-0.39, 0.29) is 42.4 Å². The molecule has 2 aromatic carbocycles. The van der Waals surface area contributed by atoms with E-state index >= 15 is 0 Å². The summed E-state index contributed by atoms with van der Waals surface area (Å²) in [6.45, 7) is 0.994. The molecule has 3 heterocycles. The minimum Gasteiger partial charge on any atom is -0.487 e. The number of thiophene rings is 1. The Morgan fingerprint density at radius 1 is 1.07 bits per heavy atom. The molecule has 1 fully saturated rings. The van der Waals surface area contributed by atoms with Gasteiger partial charge in [-0.15, -0.1) is 11.3 Å². The molecule has 2 aromatic heterocycles. The van der Waals surface area contributed by atoms with Crippen molar-refractivity contribution in [3.8, 4) is 17.0 Å². The largest absolute Gasteiger partial charge is 0.487 e. The van der Waals surface area contributed by atoms with E-state index in [0.717, 1.165) is 35.8 Å². The second-order valence-electron chi connectivity index (χ2n) is 10.2. The summed E-state index contributed by atoms with van der Waals surface area (Å²) in [4.78, 5) is 20.0. The number of anilines is 3. The van der Waals surface area contributed by atoms with Crippen LogP contribution in [0.3, 0.4) is 0 Å². The number of sulfonamides is 1. The fourth-order valence-electron chi connectivity index (χ4n) is 4.57. The van der Waals surface area contributed by atoms with E-state index < -0.39 is 39.7 Å². The van der Waals surface area contributed by atoms with Crippen molar-refractivity contribution in [2.45, 2.75) is 19.7 Å². The summed E-state index contributed by atoms with van der Waals surface area (Å²) in [6.07, 6.45) is -1.90. The maximum Gasteiger partial charge on any atom is 0.395 e. The molecule has 1 amide bonds. The van der Waals surface area contributed by atoms with Crippen LogP contribution in [-0.4, -0.2) is 44.8 Å². The number of benzene rings is 2. The van der Waals surface area contributed by atoms with Crippen LogP contribution < -0.4 is 19.7 Å². The Kier molecular flexibility index (Phi) is 8.53. The second-order valence-corrected chi connectivity index (χ2v) is 13.2. The molecule has 0 aliphatic carbocycles. The summed E-state index contributed by atoms with van der Waals surface area (Å²) in [6, 6.07) is 12.2. The highest BCUT2D eigenvalue weighted by Crippen LogP contribution is 2.41. The van der Waals surface area contributed by atoms with Gasteiger partial charge in [0.2, 0.25) is 10.0 Å². The highest BCUT2D eigenvalue weighted by atomic mass is 32.2. The van der Waals surface area contributed by atoms with Crippen LogP contribution in [0.15, 0.2) is 60.8 Å². The minimum atomic E-state index is -4.32. The number of halogens is 5. The first-order chi connectivity index (χ1) is 20.6. The van der Waals surface area contributed by atoms with E-state index in [2.05, 4.69) is 15.0 Å². The number of carbonyl (C=O) groups is 1. The Balaban J connectivity index is 1.41. The van der Waals surface area contributed by atoms with Crippen LogP contribution in [0.5, 0.6) is 5.75 Å². The SMILES string of the molecule is Cc1sc(C(=O)Nc2cccc(NS(C)(=O)=O)c2)cc1-c1ncc(N2CC(C(F)(F)F)C2)cc1OCc1cc(F)cc(F)c1. The third-order valence-electron chi connectivity index (χ3n) is 6.68. The predicted molar refractivity (Wildman–Crippen MR) is 158 cm³/mol. The smallest absolute Gasteiger partial charge is 0.395 e. The second kappa shape index (κ2) is 12.0. The van der Waals surface area contributed by atoms with Crippen molar-refractivity contribution >= 4 is 44.3 Å².